The van der Waals surface area contributed by atoms with E-state index in [0.29, 0.717) is 6.42 Å². The van der Waals surface area contributed by atoms with Crippen LogP contribution in [0.1, 0.15) is 29.2 Å². The Balaban J connectivity index is 1.77. The molecule has 1 heterocycles. The number of aromatic nitrogens is 1. The van der Waals surface area contributed by atoms with E-state index in [-0.39, 0.29) is 18.2 Å². The lowest BCUT2D eigenvalue weighted by atomic mass is 9.98. The smallest absolute Gasteiger partial charge is 0.312 e. The fraction of sp³-hybridized carbons (Fsp3) is 0.261. The summed E-state index contributed by atoms with van der Waals surface area (Å²) < 4.78 is 0. The molecule has 0 bridgehead atoms. The molecule has 6 N–H and O–H groups in total. The molecule has 3 rings (SSSR count). The van der Waals surface area contributed by atoms with E-state index in [2.05, 4.69) is 20.9 Å². The summed E-state index contributed by atoms with van der Waals surface area (Å²) in [6, 6.07) is 13.1. The molecule has 0 radical (unpaired) electrons. The lowest BCUT2D eigenvalue weighted by Gasteiger charge is -2.22. The van der Waals surface area contributed by atoms with Crippen LogP contribution in [0.25, 0.3) is 10.9 Å². The van der Waals surface area contributed by atoms with Gasteiger partial charge >= 0.3 is 6.03 Å². The van der Waals surface area contributed by atoms with Gasteiger partial charge in [-0.15, -0.1) is 0 Å². The highest BCUT2D eigenvalue weighted by atomic mass is 16.2. The van der Waals surface area contributed by atoms with Gasteiger partial charge in [0.15, 0.2) is 0 Å². The lowest BCUT2D eigenvalue weighted by molar-refractivity contribution is -0.129. The summed E-state index contributed by atoms with van der Waals surface area (Å²) in [6.45, 7) is 1.90. The Morgan fingerprint density at radius 3 is 2.45 bits per heavy atom. The number of carbonyl (C=O) groups excluding carboxylic acids is 3. The zero-order valence-corrected chi connectivity index (χ0v) is 17.6. The maximum absolute atomic E-state index is 12.9. The van der Waals surface area contributed by atoms with E-state index in [0.717, 1.165) is 27.6 Å². The number of carbonyl (C=O) groups is 3. The van der Waals surface area contributed by atoms with E-state index in [4.69, 9.17) is 5.73 Å². The van der Waals surface area contributed by atoms with Crippen LogP contribution < -0.4 is 21.7 Å². The Labute approximate surface area is 180 Å². The normalized spacial score (nSPS) is 12.7. The molecular weight excluding hydrogens is 394 g/mol. The van der Waals surface area contributed by atoms with Crippen LogP contribution in [0.2, 0.25) is 0 Å². The number of aryl methyl sites for hydroxylation is 1. The van der Waals surface area contributed by atoms with Gasteiger partial charge in [0.25, 0.3) is 0 Å². The van der Waals surface area contributed by atoms with Gasteiger partial charge in [-0.2, -0.15) is 0 Å². The highest BCUT2D eigenvalue weighted by Crippen LogP contribution is 2.22. The van der Waals surface area contributed by atoms with Crippen LogP contribution in [-0.2, 0) is 16.0 Å². The van der Waals surface area contributed by atoms with Crippen LogP contribution in [-0.4, -0.2) is 35.9 Å². The highest BCUT2D eigenvalue weighted by molar-refractivity contribution is 5.89. The van der Waals surface area contributed by atoms with Gasteiger partial charge < -0.3 is 26.7 Å². The molecule has 31 heavy (non-hydrogen) atoms. The molecule has 4 amide bonds. The van der Waals surface area contributed by atoms with E-state index in [1.54, 1.807) is 0 Å². The van der Waals surface area contributed by atoms with Crippen LogP contribution in [0.3, 0.4) is 0 Å². The van der Waals surface area contributed by atoms with Crippen molar-refractivity contribution in [2.24, 2.45) is 5.73 Å². The van der Waals surface area contributed by atoms with Gasteiger partial charge in [0, 0.05) is 30.6 Å². The first-order chi connectivity index (χ1) is 14.9. The van der Waals surface area contributed by atoms with E-state index < -0.39 is 18.1 Å². The van der Waals surface area contributed by atoms with Crippen molar-refractivity contribution in [1.82, 2.24) is 20.9 Å². The fourth-order valence-corrected chi connectivity index (χ4v) is 3.73. The number of rotatable bonds is 8. The van der Waals surface area contributed by atoms with Gasteiger partial charge in [0.05, 0.1) is 12.5 Å². The van der Waals surface area contributed by atoms with Gasteiger partial charge in [-0.05, 0) is 29.7 Å². The van der Waals surface area contributed by atoms with Crippen LogP contribution in [0, 0.1) is 6.92 Å². The number of benzene rings is 2. The van der Waals surface area contributed by atoms with Crippen LogP contribution in [0.4, 0.5) is 4.79 Å². The average molecular weight is 422 g/mol. The number of amides is 4. The average Bonchev–Trinajstić information content (AvgIpc) is 3.15. The fourth-order valence-electron chi connectivity index (χ4n) is 3.73. The summed E-state index contributed by atoms with van der Waals surface area (Å²) >= 11 is 0. The summed E-state index contributed by atoms with van der Waals surface area (Å²) in [6.07, 6.45) is 2.13. The summed E-state index contributed by atoms with van der Waals surface area (Å²) in [5.41, 5.74) is 8.93. The Bertz CT molecular complexity index is 1090. The number of hydrogen-bond acceptors (Lipinski definition) is 3. The number of hydrogen-bond donors (Lipinski definition) is 5. The van der Waals surface area contributed by atoms with Gasteiger partial charge in [-0.25, -0.2) is 4.79 Å². The molecule has 3 aromatic rings. The quantitative estimate of drug-likeness (QED) is 0.382. The molecule has 0 saturated carbocycles. The third-order valence-electron chi connectivity index (χ3n) is 5.27. The standard InChI is InChI=1S/C23H27N5O3/c1-14-7-3-4-8-16(14)19(28-23(24)31)12-21(29)27-20(22(30)25-2)11-15-13-26-18-10-6-5-9-17(15)18/h3-10,13,19-20,26H,11-12H2,1-2H3,(H,25,30)(H,27,29)(H3,24,28,31)/t19?,20-/m0/s1. The van der Waals surface area contributed by atoms with Crippen molar-refractivity contribution in [3.8, 4) is 0 Å². The molecule has 0 aliphatic carbocycles. The number of likely N-dealkylation sites (N-methyl/N-ethyl adjacent to an activating group) is 1. The molecule has 0 aliphatic heterocycles. The van der Waals surface area contributed by atoms with Crippen molar-refractivity contribution in [3.05, 3.63) is 71.4 Å². The lowest BCUT2D eigenvalue weighted by Crippen LogP contribution is -2.48. The number of nitrogens with one attached hydrogen (secondary N) is 4. The van der Waals surface area contributed by atoms with Gasteiger partial charge in [0.1, 0.15) is 6.04 Å². The molecule has 2 atom stereocenters. The van der Waals surface area contributed by atoms with Crippen molar-refractivity contribution in [3.63, 3.8) is 0 Å². The molecular formula is C23H27N5O3. The predicted molar refractivity (Wildman–Crippen MR) is 119 cm³/mol. The van der Waals surface area contributed by atoms with Crippen LogP contribution >= 0.6 is 0 Å². The number of aromatic amines is 1. The van der Waals surface area contributed by atoms with Crippen LogP contribution in [0.5, 0.6) is 0 Å². The minimum atomic E-state index is -0.761. The molecule has 1 aromatic heterocycles. The molecule has 0 saturated heterocycles. The number of primary amides is 1. The number of para-hydroxylation sites is 1. The minimum Gasteiger partial charge on any atom is -0.361 e. The summed E-state index contributed by atoms with van der Waals surface area (Å²) in [4.78, 5) is 40.0. The second-order valence-corrected chi connectivity index (χ2v) is 7.42. The first kappa shape index (κ1) is 21.9. The number of fused-ring (bicyclic) bond motifs is 1. The van der Waals surface area contributed by atoms with Gasteiger partial charge in [-0.3, -0.25) is 9.59 Å². The molecule has 0 aliphatic rings. The van der Waals surface area contributed by atoms with E-state index in [1.807, 2.05) is 61.7 Å². The SMILES string of the molecule is CNC(=O)[C@H](Cc1c[nH]c2ccccc12)NC(=O)CC(NC(N)=O)c1ccccc1C. The maximum Gasteiger partial charge on any atom is 0.312 e. The molecule has 162 valence electrons. The summed E-state index contributed by atoms with van der Waals surface area (Å²) in [5, 5.41) is 9.04. The first-order valence-corrected chi connectivity index (χ1v) is 10.1. The zero-order chi connectivity index (χ0) is 22.4. The van der Waals surface area contributed by atoms with Crippen molar-refractivity contribution in [1.29, 1.82) is 0 Å². The topological polar surface area (TPSA) is 129 Å². The monoisotopic (exact) mass is 421 g/mol. The molecule has 2 aromatic carbocycles. The number of urea groups is 1. The van der Waals surface area contributed by atoms with E-state index in [9.17, 15) is 14.4 Å². The van der Waals surface area contributed by atoms with Crippen molar-refractivity contribution >= 4 is 28.7 Å². The molecule has 8 heteroatoms. The third-order valence-corrected chi connectivity index (χ3v) is 5.27. The van der Waals surface area contributed by atoms with Crippen molar-refractivity contribution < 1.29 is 14.4 Å². The Kier molecular flexibility index (Phi) is 6.92. The van der Waals surface area contributed by atoms with Crippen molar-refractivity contribution in [2.75, 3.05) is 7.05 Å². The third kappa shape index (κ3) is 5.42. The largest absolute Gasteiger partial charge is 0.361 e. The first-order valence-electron chi connectivity index (χ1n) is 10.1. The highest BCUT2D eigenvalue weighted by Gasteiger charge is 2.25. The number of H-pyrrole nitrogens is 1. The van der Waals surface area contributed by atoms with Gasteiger partial charge in [-0.1, -0.05) is 42.5 Å². The molecule has 0 fully saturated rings. The Morgan fingerprint density at radius 2 is 1.74 bits per heavy atom. The predicted octanol–water partition coefficient (Wildman–Crippen LogP) is 2.05. The minimum absolute atomic E-state index is 0.0465. The van der Waals surface area contributed by atoms with E-state index >= 15 is 0 Å². The van der Waals surface area contributed by atoms with Gasteiger partial charge in [0.2, 0.25) is 11.8 Å². The Morgan fingerprint density at radius 1 is 1.03 bits per heavy atom. The van der Waals surface area contributed by atoms with E-state index in [1.165, 1.54) is 7.05 Å². The second kappa shape index (κ2) is 9.80. The molecule has 0 spiro atoms. The summed E-state index contributed by atoms with van der Waals surface area (Å²) in [5.74, 6) is -0.663. The zero-order valence-electron chi connectivity index (χ0n) is 17.6. The van der Waals surface area contributed by atoms with Crippen molar-refractivity contribution in [2.45, 2.75) is 31.8 Å². The Hall–Kier alpha value is -3.81. The molecule has 8 nitrogen and oxygen atoms in total. The maximum atomic E-state index is 12.9. The summed E-state index contributed by atoms with van der Waals surface area (Å²) in [7, 11) is 1.53. The van der Waals surface area contributed by atoms with Crippen LogP contribution in [0.15, 0.2) is 54.7 Å². The number of nitrogens with two attached hydrogens (primary N) is 1. The second-order valence-electron chi connectivity index (χ2n) is 7.42. The molecule has 1 unspecified atom stereocenters.